The number of thiazole rings is 1. The molecule has 1 aromatic heterocycles. The predicted octanol–water partition coefficient (Wildman–Crippen LogP) is 1.14. The third-order valence-electron chi connectivity index (χ3n) is 2.94. The minimum atomic E-state index is -2.98. The van der Waals surface area contributed by atoms with E-state index < -0.39 is 15.8 Å². The number of nitrogens with zero attached hydrogens (tertiary/aromatic N) is 1. The van der Waals surface area contributed by atoms with Gasteiger partial charge in [-0.2, -0.15) is 0 Å². The fraction of sp³-hybridized carbons (Fsp3) is 0.600. The van der Waals surface area contributed by atoms with Crippen molar-refractivity contribution in [3.8, 4) is 0 Å². The van der Waals surface area contributed by atoms with Crippen molar-refractivity contribution in [3.63, 3.8) is 0 Å². The SMILES string of the molecule is Cc1sc(NCC2CCCS2(=O)=O)nc1C(=O)O. The molecule has 0 aliphatic carbocycles. The lowest BCUT2D eigenvalue weighted by molar-refractivity contribution is 0.0690. The van der Waals surface area contributed by atoms with Crippen LogP contribution in [0.3, 0.4) is 0 Å². The van der Waals surface area contributed by atoms with Gasteiger partial charge in [0, 0.05) is 11.4 Å². The van der Waals surface area contributed by atoms with Crippen LogP contribution in [-0.4, -0.2) is 42.0 Å². The molecule has 100 valence electrons. The van der Waals surface area contributed by atoms with Gasteiger partial charge in [-0.3, -0.25) is 0 Å². The summed E-state index contributed by atoms with van der Waals surface area (Å²) in [7, 11) is -2.98. The number of nitrogens with one attached hydrogen (secondary N) is 1. The molecule has 2 N–H and O–H groups in total. The van der Waals surface area contributed by atoms with Gasteiger partial charge in [-0.1, -0.05) is 0 Å². The topological polar surface area (TPSA) is 96.4 Å². The van der Waals surface area contributed by atoms with Gasteiger partial charge < -0.3 is 10.4 Å². The molecule has 0 saturated carbocycles. The highest BCUT2D eigenvalue weighted by atomic mass is 32.2. The first-order valence-corrected chi connectivity index (χ1v) is 8.09. The first-order valence-electron chi connectivity index (χ1n) is 5.56. The largest absolute Gasteiger partial charge is 0.476 e. The Balaban J connectivity index is 2.03. The Morgan fingerprint density at radius 2 is 2.33 bits per heavy atom. The van der Waals surface area contributed by atoms with E-state index in [4.69, 9.17) is 5.11 Å². The standard InChI is InChI=1S/C10H14N2O4S2/c1-6-8(9(13)14)12-10(17-6)11-5-7-3-2-4-18(7,15)16/h7H,2-5H2,1H3,(H,11,12)(H,13,14). The maximum atomic E-state index is 11.6. The number of carboxylic acids is 1. The van der Waals surface area contributed by atoms with Crippen LogP contribution in [0.5, 0.6) is 0 Å². The van der Waals surface area contributed by atoms with Gasteiger partial charge in [-0.25, -0.2) is 18.2 Å². The zero-order valence-electron chi connectivity index (χ0n) is 9.84. The molecule has 1 saturated heterocycles. The summed E-state index contributed by atoms with van der Waals surface area (Å²) in [6.45, 7) is 1.98. The molecule has 1 unspecified atom stereocenters. The molecule has 1 aliphatic rings. The molecular weight excluding hydrogens is 276 g/mol. The van der Waals surface area contributed by atoms with Crippen LogP contribution in [0.1, 0.15) is 28.2 Å². The first-order chi connectivity index (χ1) is 8.40. The number of sulfone groups is 1. The second kappa shape index (κ2) is 4.85. The van der Waals surface area contributed by atoms with Crippen LogP contribution in [0.25, 0.3) is 0 Å². The first kappa shape index (κ1) is 13.3. The third kappa shape index (κ3) is 2.64. The van der Waals surface area contributed by atoms with Crippen LogP contribution in [0.2, 0.25) is 0 Å². The van der Waals surface area contributed by atoms with Gasteiger partial charge in [0.15, 0.2) is 20.7 Å². The fourth-order valence-electron chi connectivity index (χ4n) is 1.96. The van der Waals surface area contributed by atoms with Gasteiger partial charge in [0.2, 0.25) is 0 Å². The molecule has 0 bridgehead atoms. The van der Waals surface area contributed by atoms with E-state index in [1.165, 1.54) is 11.3 Å². The molecule has 0 radical (unpaired) electrons. The molecule has 1 atom stereocenters. The lowest BCUT2D eigenvalue weighted by atomic mass is 10.2. The molecule has 6 nitrogen and oxygen atoms in total. The minimum absolute atomic E-state index is 0.0248. The van der Waals surface area contributed by atoms with Crippen molar-refractivity contribution in [1.82, 2.24) is 4.98 Å². The molecule has 1 aliphatic heterocycles. The Hall–Kier alpha value is -1.15. The van der Waals surface area contributed by atoms with Crippen molar-refractivity contribution in [2.75, 3.05) is 17.6 Å². The summed E-state index contributed by atoms with van der Waals surface area (Å²) < 4.78 is 23.2. The van der Waals surface area contributed by atoms with Crippen molar-refractivity contribution < 1.29 is 18.3 Å². The van der Waals surface area contributed by atoms with Crippen LogP contribution in [-0.2, 0) is 9.84 Å². The number of aromatic carboxylic acids is 1. The van der Waals surface area contributed by atoms with Crippen molar-refractivity contribution in [3.05, 3.63) is 10.6 Å². The van der Waals surface area contributed by atoms with Gasteiger partial charge in [0.05, 0.1) is 11.0 Å². The summed E-state index contributed by atoms with van der Waals surface area (Å²) in [6.07, 6.45) is 1.36. The van der Waals surface area contributed by atoms with Crippen LogP contribution >= 0.6 is 11.3 Å². The fourth-order valence-corrected chi connectivity index (χ4v) is 4.54. The van der Waals surface area contributed by atoms with Crippen LogP contribution in [0.4, 0.5) is 5.13 Å². The van der Waals surface area contributed by atoms with E-state index in [-0.39, 0.29) is 16.7 Å². The van der Waals surface area contributed by atoms with E-state index >= 15 is 0 Å². The normalized spacial score (nSPS) is 21.9. The summed E-state index contributed by atoms with van der Waals surface area (Å²) in [4.78, 5) is 15.4. The molecule has 2 rings (SSSR count). The van der Waals surface area contributed by atoms with E-state index in [1.54, 1.807) is 6.92 Å². The number of aryl methyl sites for hydroxylation is 1. The van der Waals surface area contributed by atoms with Crippen LogP contribution < -0.4 is 5.32 Å². The molecule has 2 heterocycles. The second-order valence-electron chi connectivity index (χ2n) is 4.24. The Morgan fingerprint density at radius 3 is 2.83 bits per heavy atom. The smallest absolute Gasteiger partial charge is 0.355 e. The second-order valence-corrected chi connectivity index (χ2v) is 7.84. The average molecular weight is 290 g/mol. The summed E-state index contributed by atoms with van der Waals surface area (Å²) in [5.41, 5.74) is 0.0248. The number of anilines is 1. The molecule has 1 fully saturated rings. The van der Waals surface area contributed by atoms with Gasteiger partial charge in [-0.15, -0.1) is 11.3 Å². The zero-order valence-corrected chi connectivity index (χ0v) is 11.5. The Kier molecular flexibility index (Phi) is 3.58. The molecule has 0 amide bonds. The Morgan fingerprint density at radius 1 is 1.61 bits per heavy atom. The molecule has 18 heavy (non-hydrogen) atoms. The maximum absolute atomic E-state index is 11.6. The molecule has 0 aromatic carbocycles. The van der Waals surface area contributed by atoms with Crippen LogP contribution in [0.15, 0.2) is 0 Å². The molecular formula is C10H14N2O4S2. The average Bonchev–Trinajstić information content (AvgIpc) is 2.78. The summed E-state index contributed by atoms with van der Waals surface area (Å²) in [6, 6.07) is 0. The van der Waals surface area contributed by atoms with Crippen LogP contribution in [0, 0.1) is 6.92 Å². The molecule has 0 spiro atoms. The highest BCUT2D eigenvalue weighted by molar-refractivity contribution is 7.92. The number of rotatable bonds is 4. The van der Waals surface area contributed by atoms with E-state index in [0.717, 1.165) is 0 Å². The number of aromatic nitrogens is 1. The molecule has 1 aromatic rings. The summed E-state index contributed by atoms with van der Waals surface area (Å²) in [5.74, 6) is -0.818. The van der Waals surface area contributed by atoms with Crippen molar-refractivity contribution in [1.29, 1.82) is 0 Å². The lowest BCUT2D eigenvalue weighted by Crippen LogP contribution is -2.25. The number of hydrogen-bond acceptors (Lipinski definition) is 6. The maximum Gasteiger partial charge on any atom is 0.355 e. The predicted molar refractivity (Wildman–Crippen MR) is 69.1 cm³/mol. The summed E-state index contributed by atoms with van der Waals surface area (Å²) >= 11 is 1.23. The van der Waals surface area contributed by atoms with Crippen molar-refractivity contribution in [2.24, 2.45) is 0 Å². The monoisotopic (exact) mass is 290 g/mol. The number of hydrogen-bond donors (Lipinski definition) is 2. The number of carbonyl (C=O) groups is 1. The highest BCUT2D eigenvalue weighted by Gasteiger charge is 2.31. The van der Waals surface area contributed by atoms with E-state index in [1.807, 2.05) is 0 Å². The Labute approximate surface area is 109 Å². The highest BCUT2D eigenvalue weighted by Crippen LogP contribution is 2.24. The lowest BCUT2D eigenvalue weighted by Gasteiger charge is -2.09. The van der Waals surface area contributed by atoms with Gasteiger partial charge >= 0.3 is 5.97 Å². The van der Waals surface area contributed by atoms with Gasteiger partial charge in [0.25, 0.3) is 0 Å². The summed E-state index contributed by atoms with van der Waals surface area (Å²) in [5, 5.41) is 11.9. The van der Waals surface area contributed by atoms with E-state index in [0.29, 0.717) is 29.4 Å². The Bertz CT molecular complexity index is 564. The van der Waals surface area contributed by atoms with Gasteiger partial charge in [0.1, 0.15) is 0 Å². The molecule has 8 heteroatoms. The van der Waals surface area contributed by atoms with Gasteiger partial charge in [-0.05, 0) is 19.8 Å². The zero-order chi connectivity index (χ0) is 13.3. The third-order valence-corrected chi connectivity index (χ3v) is 6.15. The van der Waals surface area contributed by atoms with Crippen molar-refractivity contribution >= 4 is 32.3 Å². The van der Waals surface area contributed by atoms with E-state index in [2.05, 4.69) is 10.3 Å². The quantitative estimate of drug-likeness (QED) is 0.863. The van der Waals surface area contributed by atoms with Crippen molar-refractivity contribution in [2.45, 2.75) is 25.0 Å². The van der Waals surface area contributed by atoms with E-state index in [9.17, 15) is 13.2 Å². The minimum Gasteiger partial charge on any atom is -0.476 e. The number of carboxylic acid groups (broad SMARTS) is 1.